The summed E-state index contributed by atoms with van der Waals surface area (Å²) < 4.78 is 0. The van der Waals surface area contributed by atoms with Gasteiger partial charge in [-0.3, -0.25) is 4.79 Å². The molecule has 0 aromatic heterocycles. The van der Waals surface area contributed by atoms with E-state index in [9.17, 15) is 4.79 Å². The van der Waals surface area contributed by atoms with Crippen LogP contribution in [0.1, 0.15) is 112 Å². The van der Waals surface area contributed by atoms with Crippen molar-refractivity contribution in [3.05, 3.63) is 0 Å². The van der Waals surface area contributed by atoms with Gasteiger partial charge in [-0.05, 0) is 47.0 Å². The first kappa shape index (κ1) is 20.7. The van der Waals surface area contributed by atoms with Crippen LogP contribution in [0.4, 0.5) is 0 Å². The van der Waals surface area contributed by atoms with Gasteiger partial charge in [0.1, 0.15) is 5.78 Å². The maximum atomic E-state index is 12.6. The van der Waals surface area contributed by atoms with Crippen LogP contribution in [0.15, 0.2) is 0 Å². The predicted molar refractivity (Wildman–Crippen MR) is 101 cm³/mol. The molecule has 0 bridgehead atoms. The van der Waals surface area contributed by atoms with Crippen LogP contribution in [-0.4, -0.2) is 16.9 Å². The summed E-state index contributed by atoms with van der Waals surface area (Å²) >= 11 is 0. The fraction of sp³-hybridized carbons (Fsp3) is 0.952. The summed E-state index contributed by atoms with van der Waals surface area (Å²) in [6, 6.07) is 0. The average molecular weight is 324 g/mol. The Hall–Kier alpha value is -0.370. The molecule has 1 saturated heterocycles. The number of carbonyl (C=O) groups is 1. The standard InChI is InChI=1S/C21H41NO/c1-6-7-8-9-10-11-12-13-14-15-19(23)18-16-20(2,3)22-21(4,5)17-18/h18,22H,6-17H2,1-5H3. The Morgan fingerprint density at radius 3 is 1.74 bits per heavy atom. The molecule has 136 valence electrons. The van der Waals surface area contributed by atoms with Gasteiger partial charge >= 0.3 is 0 Å². The summed E-state index contributed by atoms with van der Waals surface area (Å²) in [5, 5.41) is 3.67. The number of unbranched alkanes of at least 4 members (excludes halogenated alkanes) is 8. The lowest BCUT2D eigenvalue weighted by Crippen LogP contribution is -2.58. The lowest BCUT2D eigenvalue weighted by atomic mass is 9.73. The van der Waals surface area contributed by atoms with Gasteiger partial charge in [0.25, 0.3) is 0 Å². The van der Waals surface area contributed by atoms with Crippen LogP contribution < -0.4 is 5.32 Å². The van der Waals surface area contributed by atoms with E-state index in [1.165, 1.54) is 51.4 Å². The number of hydrogen-bond donors (Lipinski definition) is 1. The monoisotopic (exact) mass is 323 g/mol. The molecule has 1 heterocycles. The van der Waals surface area contributed by atoms with E-state index in [0.29, 0.717) is 5.78 Å². The minimum atomic E-state index is 0.0839. The number of hydrogen-bond acceptors (Lipinski definition) is 2. The number of rotatable bonds is 11. The van der Waals surface area contributed by atoms with Crippen molar-refractivity contribution in [2.24, 2.45) is 5.92 Å². The van der Waals surface area contributed by atoms with Crippen molar-refractivity contribution in [2.75, 3.05) is 0 Å². The third kappa shape index (κ3) is 8.88. The van der Waals surface area contributed by atoms with E-state index in [1.807, 2.05) is 0 Å². The Morgan fingerprint density at radius 2 is 1.26 bits per heavy atom. The Balaban J connectivity index is 2.14. The molecule has 23 heavy (non-hydrogen) atoms. The van der Waals surface area contributed by atoms with Crippen molar-refractivity contribution >= 4 is 5.78 Å². The molecule has 1 N–H and O–H groups in total. The van der Waals surface area contributed by atoms with Crippen molar-refractivity contribution in [1.29, 1.82) is 0 Å². The smallest absolute Gasteiger partial charge is 0.136 e. The minimum absolute atomic E-state index is 0.0839. The molecule has 0 saturated carbocycles. The van der Waals surface area contributed by atoms with Crippen LogP contribution in [0.3, 0.4) is 0 Å². The van der Waals surface area contributed by atoms with Gasteiger partial charge in [0.2, 0.25) is 0 Å². The number of nitrogens with one attached hydrogen (secondary N) is 1. The SMILES string of the molecule is CCCCCCCCCCCC(=O)C1CC(C)(C)NC(C)(C)C1. The minimum Gasteiger partial charge on any atom is -0.307 e. The zero-order valence-corrected chi connectivity index (χ0v) is 16.5. The highest BCUT2D eigenvalue weighted by molar-refractivity contribution is 5.81. The molecule has 0 radical (unpaired) electrons. The number of Topliss-reactive ketones (excluding diaryl/α,β-unsaturated/α-hetero) is 1. The molecule has 1 rings (SSSR count). The zero-order valence-electron chi connectivity index (χ0n) is 16.5. The Morgan fingerprint density at radius 1 is 0.826 bits per heavy atom. The van der Waals surface area contributed by atoms with E-state index in [1.54, 1.807) is 0 Å². The average Bonchev–Trinajstić information content (AvgIpc) is 2.42. The summed E-state index contributed by atoms with van der Waals surface area (Å²) in [5.41, 5.74) is 0.168. The fourth-order valence-corrected chi connectivity index (χ4v) is 4.36. The van der Waals surface area contributed by atoms with Crippen molar-refractivity contribution in [1.82, 2.24) is 5.32 Å². The maximum absolute atomic E-state index is 12.6. The zero-order chi connectivity index (χ0) is 17.3. The molecular formula is C21H41NO. The second-order valence-corrected chi connectivity index (χ2v) is 9.04. The molecule has 0 atom stereocenters. The van der Waals surface area contributed by atoms with Gasteiger partial charge in [-0.15, -0.1) is 0 Å². The fourth-order valence-electron chi connectivity index (χ4n) is 4.36. The van der Waals surface area contributed by atoms with E-state index in [-0.39, 0.29) is 17.0 Å². The number of piperidine rings is 1. The third-order valence-corrected chi connectivity index (χ3v) is 5.17. The summed E-state index contributed by atoms with van der Waals surface area (Å²) in [5.74, 6) is 0.769. The van der Waals surface area contributed by atoms with Gasteiger partial charge in [-0.2, -0.15) is 0 Å². The van der Waals surface area contributed by atoms with E-state index < -0.39 is 0 Å². The van der Waals surface area contributed by atoms with Crippen molar-refractivity contribution in [3.8, 4) is 0 Å². The molecule has 0 amide bonds. The molecule has 1 fully saturated rings. The largest absolute Gasteiger partial charge is 0.307 e. The molecule has 1 aliphatic heterocycles. The van der Waals surface area contributed by atoms with Crippen LogP contribution in [0, 0.1) is 5.92 Å². The van der Waals surface area contributed by atoms with Gasteiger partial charge < -0.3 is 5.32 Å². The van der Waals surface area contributed by atoms with Gasteiger partial charge in [0.15, 0.2) is 0 Å². The lowest BCUT2D eigenvalue weighted by molar-refractivity contribution is -0.125. The van der Waals surface area contributed by atoms with Crippen LogP contribution >= 0.6 is 0 Å². The third-order valence-electron chi connectivity index (χ3n) is 5.17. The first-order valence-corrected chi connectivity index (χ1v) is 10.1. The van der Waals surface area contributed by atoms with Crippen LogP contribution in [-0.2, 0) is 4.79 Å². The molecule has 0 spiro atoms. The first-order valence-electron chi connectivity index (χ1n) is 10.1. The summed E-state index contributed by atoms with van der Waals surface area (Å²) in [6.07, 6.45) is 14.7. The summed E-state index contributed by atoms with van der Waals surface area (Å²) in [6.45, 7) is 11.2. The van der Waals surface area contributed by atoms with Crippen molar-refractivity contribution in [2.45, 2.75) is 123 Å². The second kappa shape index (κ2) is 9.81. The van der Waals surface area contributed by atoms with Crippen molar-refractivity contribution in [3.63, 3.8) is 0 Å². The second-order valence-electron chi connectivity index (χ2n) is 9.04. The van der Waals surface area contributed by atoms with Gasteiger partial charge in [-0.25, -0.2) is 0 Å². The van der Waals surface area contributed by atoms with Crippen molar-refractivity contribution < 1.29 is 4.79 Å². The molecular weight excluding hydrogens is 282 g/mol. The molecule has 2 nitrogen and oxygen atoms in total. The molecule has 2 heteroatoms. The predicted octanol–water partition coefficient (Wildman–Crippen LogP) is 6.03. The van der Waals surface area contributed by atoms with Crippen LogP contribution in [0.5, 0.6) is 0 Å². The number of carbonyl (C=O) groups excluding carboxylic acids is 1. The quantitative estimate of drug-likeness (QED) is 0.470. The van der Waals surface area contributed by atoms with Gasteiger partial charge in [-0.1, -0.05) is 58.3 Å². The van der Waals surface area contributed by atoms with Gasteiger partial charge in [0.05, 0.1) is 0 Å². The number of ketones is 1. The van der Waals surface area contributed by atoms with Crippen LogP contribution in [0.2, 0.25) is 0 Å². The van der Waals surface area contributed by atoms with E-state index in [2.05, 4.69) is 39.9 Å². The molecule has 1 aliphatic rings. The highest BCUT2D eigenvalue weighted by Crippen LogP contribution is 2.34. The Kier molecular flexibility index (Phi) is 8.82. The van der Waals surface area contributed by atoms with E-state index in [0.717, 1.165) is 25.7 Å². The van der Waals surface area contributed by atoms with E-state index >= 15 is 0 Å². The topological polar surface area (TPSA) is 29.1 Å². The summed E-state index contributed by atoms with van der Waals surface area (Å²) in [4.78, 5) is 12.6. The highest BCUT2D eigenvalue weighted by Gasteiger charge is 2.39. The molecule has 0 aromatic carbocycles. The maximum Gasteiger partial charge on any atom is 0.136 e. The van der Waals surface area contributed by atoms with E-state index in [4.69, 9.17) is 0 Å². The molecule has 0 aromatic rings. The van der Waals surface area contributed by atoms with Gasteiger partial charge in [0, 0.05) is 23.4 Å². The normalized spacial score (nSPS) is 20.6. The summed E-state index contributed by atoms with van der Waals surface area (Å²) in [7, 11) is 0. The lowest BCUT2D eigenvalue weighted by Gasteiger charge is -2.46. The molecule has 0 unspecified atom stereocenters. The van der Waals surface area contributed by atoms with Crippen LogP contribution in [0.25, 0.3) is 0 Å². The molecule has 0 aliphatic carbocycles. The Bertz CT molecular complexity index is 330. The highest BCUT2D eigenvalue weighted by atomic mass is 16.1. The first-order chi connectivity index (χ1) is 10.8. The Labute approximate surface area is 145 Å².